The molecule has 174 valence electrons. The van der Waals surface area contributed by atoms with E-state index in [1.807, 2.05) is 12.1 Å². The van der Waals surface area contributed by atoms with Gasteiger partial charge < -0.3 is 19.7 Å². The number of halogens is 1. The zero-order valence-corrected chi connectivity index (χ0v) is 19.5. The predicted molar refractivity (Wildman–Crippen MR) is 124 cm³/mol. The van der Waals surface area contributed by atoms with E-state index in [4.69, 9.17) is 4.74 Å². The molecule has 1 saturated carbocycles. The van der Waals surface area contributed by atoms with Gasteiger partial charge in [0.05, 0.1) is 13.2 Å². The van der Waals surface area contributed by atoms with Crippen LogP contribution in [0.25, 0.3) is 0 Å². The number of nitrogens with zero attached hydrogens (tertiary/aromatic N) is 1. The van der Waals surface area contributed by atoms with Gasteiger partial charge in [-0.25, -0.2) is 9.18 Å². The molecule has 31 heavy (non-hydrogen) atoms. The maximum Gasteiger partial charge on any atom is 0.317 e. The summed E-state index contributed by atoms with van der Waals surface area (Å²) in [6, 6.07) is 5.12. The third kappa shape index (κ3) is 9.47. The molecular weight excluding hydrogens is 417 g/mol. The minimum Gasteiger partial charge on any atom is -0.490 e. The van der Waals surface area contributed by atoms with Gasteiger partial charge in [-0.15, -0.1) is 0 Å². The van der Waals surface area contributed by atoms with Crippen molar-refractivity contribution in [3.8, 4) is 5.75 Å². The highest BCUT2D eigenvalue weighted by molar-refractivity contribution is 7.97. The highest BCUT2D eigenvalue weighted by Gasteiger charge is 2.23. The van der Waals surface area contributed by atoms with E-state index in [0.717, 1.165) is 49.7 Å². The number of hydrogen-bond acceptors (Lipinski definition) is 5. The smallest absolute Gasteiger partial charge is 0.317 e. The molecule has 1 aromatic carbocycles. The monoisotopic (exact) mass is 453 g/mol. The number of unbranched alkanes of at least 4 members (excludes halogenated alkanes) is 2. The van der Waals surface area contributed by atoms with Gasteiger partial charge in [-0.05, 0) is 55.7 Å². The third-order valence-corrected chi connectivity index (χ3v) is 6.25. The van der Waals surface area contributed by atoms with Crippen molar-refractivity contribution in [3.05, 3.63) is 29.6 Å². The SMILES string of the molecule is CCCC(NSCCCCCN(CC=O)C(=O)NC)c1ccc(F)c(OCC2CC2)c1. The van der Waals surface area contributed by atoms with E-state index in [9.17, 15) is 14.0 Å². The first-order valence-electron chi connectivity index (χ1n) is 11.3. The number of nitrogens with one attached hydrogen (secondary N) is 2. The molecule has 0 saturated heterocycles. The molecule has 1 aliphatic rings. The Labute approximate surface area is 189 Å². The standard InChI is InChI=1S/C23H36FN3O3S/c1-3-7-21(19-10-11-20(24)22(16-19)30-17-18-8-9-18)26-31-15-6-4-5-12-27(13-14-28)23(29)25-2/h10-11,14,16,18,21,26H,3-9,12-13,15,17H2,1-2H3,(H,25,29). The highest BCUT2D eigenvalue weighted by Crippen LogP contribution is 2.32. The van der Waals surface area contributed by atoms with Crippen LogP contribution in [-0.4, -0.2) is 49.7 Å². The van der Waals surface area contributed by atoms with Crippen molar-refractivity contribution in [2.24, 2.45) is 5.92 Å². The molecule has 6 nitrogen and oxygen atoms in total. The van der Waals surface area contributed by atoms with Crippen LogP contribution in [0.1, 0.15) is 63.5 Å². The Hall–Kier alpha value is -1.80. The lowest BCUT2D eigenvalue weighted by molar-refractivity contribution is -0.108. The molecule has 8 heteroatoms. The van der Waals surface area contributed by atoms with Crippen molar-refractivity contribution >= 4 is 24.3 Å². The van der Waals surface area contributed by atoms with E-state index in [1.54, 1.807) is 19.0 Å². The third-order valence-electron chi connectivity index (χ3n) is 5.30. The highest BCUT2D eigenvalue weighted by atomic mass is 32.2. The van der Waals surface area contributed by atoms with E-state index in [0.29, 0.717) is 24.8 Å². The molecule has 1 fully saturated rings. The molecule has 2 amide bonds. The number of aldehydes is 1. The average Bonchev–Trinajstić information content (AvgIpc) is 3.60. The van der Waals surface area contributed by atoms with Crippen molar-refractivity contribution in [3.63, 3.8) is 0 Å². The number of amides is 2. The lowest BCUT2D eigenvalue weighted by Gasteiger charge is -2.20. The second-order valence-corrected chi connectivity index (χ2v) is 8.91. The molecule has 2 rings (SSSR count). The number of hydrogen-bond donors (Lipinski definition) is 2. The molecule has 0 aliphatic heterocycles. The minimum absolute atomic E-state index is 0.124. The molecule has 0 heterocycles. The van der Waals surface area contributed by atoms with Gasteiger partial charge in [-0.3, -0.25) is 4.72 Å². The quantitative estimate of drug-likeness (QED) is 0.216. The molecule has 1 unspecified atom stereocenters. The van der Waals surface area contributed by atoms with Crippen molar-refractivity contribution in [2.75, 3.05) is 32.5 Å². The fourth-order valence-corrected chi connectivity index (χ4v) is 4.18. The summed E-state index contributed by atoms with van der Waals surface area (Å²) in [6.07, 6.45) is 7.96. The molecule has 1 aliphatic carbocycles. The van der Waals surface area contributed by atoms with Crippen LogP contribution in [-0.2, 0) is 4.79 Å². The number of urea groups is 1. The van der Waals surface area contributed by atoms with E-state index in [1.165, 1.54) is 23.8 Å². The molecule has 0 radical (unpaired) electrons. The van der Waals surface area contributed by atoms with Crippen molar-refractivity contribution in [1.29, 1.82) is 0 Å². The van der Waals surface area contributed by atoms with E-state index >= 15 is 0 Å². The Bertz CT molecular complexity index is 688. The zero-order chi connectivity index (χ0) is 22.5. The van der Waals surface area contributed by atoms with E-state index < -0.39 is 0 Å². The normalized spacial score (nSPS) is 14.2. The Morgan fingerprint density at radius 2 is 2.16 bits per heavy atom. The number of ether oxygens (including phenoxy) is 1. The number of benzene rings is 1. The zero-order valence-electron chi connectivity index (χ0n) is 18.7. The number of carbonyl (C=O) groups excluding carboxylic acids is 2. The summed E-state index contributed by atoms with van der Waals surface area (Å²) >= 11 is 1.68. The minimum atomic E-state index is -0.298. The fourth-order valence-electron chi connectivity index (χ4n) is 3.26. The van der Waals surface area contributed by atoms with Crippen LogP contribution in [0.5, 0.6) is 5.75 Å². The largest absolute Gasteiger partial charge is 0.490 e. The summed E-state index contributed by atoms with van der Waals surface area (Å²) in [5, 5.41) is 2.56. The summed E-state index contributed by atoms with van der Waals surface area (Å²) in [6.45, 7) is 3.45. The Morgan fingerprint density at radius 3 is 2.84 bits per heavy atom. The Morgan fingerprint density at radius 1 is 1.35 bits per heavy atom. The first-order chi connectivity index (χ1) is 15.1. The second-order valence-electron chi connectivity index (χ2n) is 7.98. The number of carbonyl (C=O) groups is 2. The Balaban J connectivity index is 1.72. The van der Waals surface area contributed by atoms with Gasteiger partial charge in [0, 0.05) is 25.4 Å². The van der Waals surface area contributed by atoms with Gasteiger partial charge in [0.2, 0.25) is 0 Å². The molecule has 1 aromatic rings. The average molecular weight is 454 g/mol. The topological polar surface area (TPSA) is 70.7 Å². The maximum atomic E-state index is 14.1. The number of rotatable bonds is 16. The van der Waals surface area contributed by atoms with Crippen molar-refractivity contribution in [2.45, 2.75) is 57.9 Å². The lowest BCUT2D eigenvalue weighted by Crippen LogP contribution is -2.39. The fraction of sp³-hybridized carbons (Fsp3) is 0.652. The van der Waals surface area contributed by atoms with Gasteiger partial charge in [0.1, 0.15) is 6.29 Å². The molecular formula is C23H36FN3O3S. The van der Waals surface area contributed by atoms with Crippen LogP contribution >= 0.6 is 11.9 Å². The molecule has 0 spiro atoms. The van der Waals surface area contributed by atoms with Gasteiger partial charge in [-0.1, -0.05) is 37.8 Å². The van der Waals surface area contributed by atoms with Crippen molar-refractivity contribution < 1.29 is 18.7 Å². The van der Waals surface area contributed by atoms with E-state index in [2.05, 4.69) is 17.0 Å². The first kappa shape index (κ1) is 25.5. The molecule has 2 N–H and O–H groups in total. The van der Waals surface area contributed by atoms with Crippen molar-refractivity contribution in [1.82, 2.24) is 14.9 Å². The summed E-state index contributed by atoms with van der Waals surface area (Å²) < 4.78 is 23.3. The van der Waals surface area contributed by atoms with Crippen LogP contribution in [0.2, 0.25) is 0 Å². The molecule has 0 bridgehead atoms. The van der Waals surface area contributed by atoms with Crippen LogP contribution in [0.4, 0.5) is 9.18 Å². The predicted octanol–water partition coefficient (Wildman–Crippen LogP) is 4.70. The summed E-state index contributed by atoms with van der Waals surface area (Å²) in [5.74, 6) is 1.59. The van der Waals surface area contributed by atoms with Crippen LogP contribution < -0.4 is 14.8 Å². The maximum absolute atomic E-state index is 14.1. The molecule has 1 atom stereocenters. The summed E-state index contributed by atoms with van der Waals surface area (Å²) in [4.78, 5) is 23.9. The van der Waals surface area contributed by atoms with Crippen LogP contribution in [0.3, 0.4) is 0 Å². The van der Waals surface area contributed by atoms with Crippen LogP contribution in [0, 0.1) is 11.7 Å². The second kappa shape index (κ2) is 14.3. The molecule has 0 aromatic heterocycles. The summed E-state index contributed by atoms with van der Waals surface area (Å²) in [5.41, 5.74) is 1.05. The van der Waals surface area contributed by atoms with Gasteiger partial charge in [0.25, 0.3) is 0 Å². The van der Waals surface area contributed by atoms with Gasteiger partial charge in [-0.2, -0.15) is 0 Å². The Kier molecular flexibility index (Phi) is 11.7. The van der Waals surface area contributed by atoms with E-state index in [-0.39, 0.29) is 24.4 Å². The first-order valence-corrected chi connectivity index (χ1v) is 12.3. The summed E-state index contributed by atoms with van der Waals surface area (Å²) in [7, 11) is 1.57. The van der Waals surface area contributed by atoms with Gasteiger partial charge >= 0.3 is 6.03 Å². The van der Waals surface area contributed by atoms with Gasteiger partial charge in [0.15, 0.2) is 11.6 Å². The lowest BCUT2D eigenvalue weighted by atomic mass is 10.0. The van der Waals surface area contributed by atoms with Crippen LogP contribution in [0.15, 0.2) is 18.2 Å².